The summed E-state index contributed by atoms with van der Waals surface area (Å²) < 4.78 is 15.0. The fraction of sp³-hybridized carbons (Fsp3) is 0.0333. The van der Waals surface area contributed by atoms with Crippen molar-refractivity contribution in [1.29, 1.82) is 0 Å². The smallest absolute Gasteiger partial charge is 0.282 e. The SMILES string of the molecule is O=c1c2ccccc2nc(-c2cc3cc(Br)ccc3o2)n1N=Cc1ccc(OCc2ccc(Cl)cc2)c(Br)c1. The molecule has 2 heterocycles. The number of halogens is 3. The first-order valence-electron chi connectivity index (χ1n) is 11.9. The normalized spacial score (nSPS) is 11.6. The molecule has 39 heavy (non-hydrogen) atoms. The lowest BCUT2D eigenvalue weighted by Gasteiger charge is -2.09. The van der Waals surface area contributed by atoms with E-state index in [0.29, 0.717) is 45.4 Å². The van der Waals surface area contributed by atoms with Crippen LogP contribution in [-0.4, -0.2) is 15.9 Å². The van der Waals surface area contributed by atoms with Gasteiger partial charge in [0.05, 0.1) is 21.6 Å². The second-order valence-corrected chi connectivity index (χ2v) is 10.9. The number of rotatable bonds is 6. The third kappa shape index (κ3) is 5.41. The minimum Gasteiger partial charge on any atom is -0.488 e. The standard InChI is InChI=1S/C30H18Br2ClN3O3/c31-21-8-12-26-20(14-21)15-28(39-26)29-35-25-4-2-1-3-23(25)30(37)36(29)34-16-19-7-11-27(24(32)13-19)38-17-18-5-9-22(33)10-6-18/h1-16H,17H2. The second kappa shape index (κ2) is 10.8. The minimum absolute atomic E-state index is 0.296. The molecule has 6 nitrogen and oxygen atoms in total. The predicted octanol–water partition coefficient (Wildman–Crippen LogP) is 8.45. The number of benzene rings is 4. The van der Waals surface area contributed by atoms with Gasteiger partial charge in [0.2, 0.25) is 5.82 Å². The summed E-state index contributed by atoms with van der Waals surface area (Å²) >= 11 is 13.0. The predicted molar refractivity (Wildman–Crippen MR) is 162 cm³/mol. The third-order valence-electron chi connectivity index (χ3n) is 6.04. The Bertz CT molecular complexity index is 1930. The lowest BCUT2D eigenvalue weighted by atomic mass is 10.2. The molecule has 0 atom stereocenters. The Labute approximate surface area is 244 Å². The van der Waals surface area contributed by atoms with Crippen molar-refractivity contribution in [2.75, 3.05) is 0 Å². The van der Waals surface area contributed by atoms with Crippen molar-refractivity contribution >= 4 is 71.5 Å². The van der Waals surface area contributed by atoms with E-state index in [1.807, 2.05) is 72.8 Å². The van der Waals surface area contributed by atoms with Crippen molar-refractivity contribution in [1.82, 2.24) is 9.66 Å². The number of hydrogen-bond acceptors (Lipinski definition) is 5. The van der Waals surface area contributed by atoms with E-state index < -0.39 is 0 Å². The first kappa shape index (κ1) is 25.6. The number of hydrogen-bond donors (Lipinski definition) is 0. The monoisotopic (exact) mass is 661 g/mol. The van der Waals surface area contributed by atoms with Crippen LogP contribution in [0.2, 0.25) is 5.02 Å². The van der Waals surface area contributed by atoms with Crippen LogP contribution < -0.4 is 10.3 Å². The molecule has 0 saturated heterocycles. The Balaban J connectivity index is 1.35. The number of para-hydroxylation sites is 1. The quantitative estimate of drug-likeness (QED) is 0.168. The van der Waals surface area contributed by atoms with Gasteiger partial charge in [-0.15, -0.1) is 0 Å². The van der Waals surface area contributed by atoms with Crippen LogP contribution in [0.1, 0.15) is 11.1 Å². The van der Waals surface area contributed by atoms with Gasteiger partial charge in [-0.05, 0) is 93.8 Å². The number of fused-ring (bicyclic) bond motifs is 2. The zero-order valence-corrected chi connectivity index (χ0v) is 24.1. The highest BCUT2D eigenvalue weighted by Crippen LogP contribution is 2.30. The average Bonchev–Trinajstić information content (AvgIpc) is 3.36. The van der Waals surface area contributed by atoms with Crippen LogP contribution in [0.5, 0.6) is 5.75 Å². The largest absolute Gasteiger partial charge is 0.488 e. The fourth-order valence-corrected chi connectivity index (χ4v) is 5.11. The van der Waals surface area contributed by atoms with Gasteiger partial charge >= 0.3 is 0 Å². The van der Waals surface area contributed by atoms with Crippen molar-refractivity contribution in [2.24, 2.45) is 5.10 Å². The molecule has 0 aliphatic carbocycles. The Kier molecular flexibility index (Phi) is 7.08. The summed E-state index contributed by atoms with van der Waals surface area (Å²) in [6.45, 7) is 0.402. The van der Waals surface area contributed by atoms with Gasteiger partial charge in [-0.3, -0.25) is 4.79 Å². The van der Waals surface area contributed by atoms with Crippen LogP contribution in [0, 0.1) is 0 Å². The van der Waals surface area contributed by atoms with Crippen molar-refractivity contribution < 1.29 is 9.15 Å². The molecule has 192 valence electrons. The van der Waals surface area contributed by atoms with Crippen LogP contribution in [-0.2, 0) is 6.61 Å². The summed E-state index contributed by atoms with van der Waals surface area (Å²) in [5.74, 6) is 1.43. The van der Waals surface area contributed by atoms with Gasteiger partial charge in [0.15, 0.2) is 5.76 Å². The summed E-state index contributed by atoms with van der Waals surface area (Å²) in [6.07, 6.45) is 1.61. The van der Waals surface area contributed by atoms with Crippen LogP contribution in [0.4, 0.5) is 0 Å². The topological polar surface area (TPSA) is 69.6 Å². The number of aromatic nitrogens is 2. The summed E-state index contributed by atoms with van der Waals surface area (Å²) in [5, 5.41) is 6.56. The molecule has 0 fully saturated rings. The number of furan rings is 1. The van der Waals surface area contributed by atoms with Crippen molar-refractivity contribution in [3.05, 3.63) is 126 Å². The van der Waals surface area contributed by atoms with E-state index in [1.54, 1.807) is 24.4 Å². The first-order valence-corrected chi connectivity index (χ1v) is 13.8. The lowest BCUT2D eigenvalue weighted by molar-refractivity contribution is 0.304. The van der Waals surface area contributed by atoms with E-state index >= 15 is 0 Å². The highest BCUT2D eigenvalue weighted by atomic mass is 79.9. The van der Waals surface area contributed by atoms with Gasteiger partial charge in [-0.1, -0.05) is 51.8 Å². The van der Waals surface area contributed by atoms with Crippen LogP contribution >= 0.6 is 43.5 Å². The molecule has 0 radical (unpaired) electrons. The fourth-order valence-electron chi connectivity index (χ4n) is 4.10. The zero-order chi connectivity index (χ0) is 26.9. The molecule has 6 rings (SSSR count). The van der Waals surface area contributed by atoms with E-state index in [-0.39, 0.29) is 5.56 Å². The van der Waals surface area contributed by atoms with Gasteiger partial charge in [-0.25, -0.2) is 4.98 Å². The molecule has 0 amide bonds. The number of nitrogens with zero attached hydrogens (tertiary/aromatic N) is 3. The van der Waals surface area contributed by atoms with Gasteiger partial charge in [0.1, 0.15) is 17.9 Å². The van der Waals surface area contributed by atoms with E-state index in [2.05, 4.69) is 37.0 Å². The Morgan fingerprint density at radius 3 is 2.62 bits per heavy atom. The molecule has 0 aliphatic heterocycles. The molecule has 9 heteroatoms. The Morgan fingerprint density at radius 1 is 0.974 bits per heavy atom. The molecule has 6 aromatic rings. The summed E-state index contributed by atoms with van der Waals surface area (Å²) in [6, 6.07) is 27.8. The molecular weight excluding hydrogens is 646 g/mol. The highest BCUT2D eigenvalue weighted by molar-refractivity contribution is 9.10. The second-order valence-electron chi connectivity index (χ2n) is 8.71. The maximum Gasteiger partial charge on any atom is 0.282 e. The Hall–Kier alpha value is -3.72. The average molecular weight is 664 g/mol. The van der Waals surface area contributed by atoms with E-state index in [4.69, 9.17) is 25.7 Å². The first-order chi connectivity index (χ1) is 18.9. The lowest BCUT2D eigenvalue weighted by Crippen LogP contribution is -2.20. The molecule has 2 aromatic heterocycles. The molecule has 0 spiro atoms. The van der Waals surface area contributed by atoms with Crippen molar-refractivity contribution in [2.45, 2.75) is 6.61 Å². The van der Waals surface area contributed by atoms with Crippen molar-refractivity contribution in [3.63, 3.8) is 0 Å². The van der Waals surface area contributed by atoms with E-state index in [0.717, 1.165) is 25.5 Å². The summed E-state index contributed by atoms with van der Waals surface area (Å²) in [5.41, 5.74) is 2.72. The zero-order valence-electron chi connectivity index (χ0n) is 20.1. The molecule has 0 unspecified atom stereocenters. The highest BCUT2D eigenvalue weighted by Gasteiger charge is 2.16. The Morgan fingerprint density at radius 2 is 1.79 bits per heavy atom. The minimum atomic E-state index is -0.296. The van der Waals surface area contributed by atoms with Gasteiger partial charge in [-0.2, -0.15) is 9.78 Å². The van der Waals surface area contributed by atoms with E-state index in [9.17, 15) is 4.79 Å². The molecule has 0 aliphatic rings. The van der Waals surface area contributed by atoms with Crippen LogP contribution in [0.15, 0.2) is 114 Å². The molecule has 0 bridgehead atoms. The molecular formula is C30H18Br2ClN3O3. The van der Waals surface area contributed by atoms with Crippen LogP contribution in [0.25, 0.3) is 33.5 Å². The van der Waals surface area contributed by atoms with Gasteiger partial charge in [0, 0.05) is 14.9 Å². The third-order valence-corrected chi connectivity index (χ3v) is 7.40. The maximum absolute atomic E-state index is 13.5. The molecule has 0 saturated carbocycles. The van der Waals surface area contributed by atoms with Gasteiger partial charge < -0.3 is 9.15 Å². The number of ether oxygens (including phenoxy) is 1. The summed E-state index contributed by atoms with van der Waals surface area (Å²) in [7, 11) is 0. The summed E-state index contributed by atoms with van der Waals surface area (Å²) in [4.78, 5) is 18.2. The van der Waals surface area contributed by atoms with Crippen LogP contribution in [0.3, 0.4) is 0 Å². The molecule has 4 aromatic carbocycles. The maximum atomic E-state index is 13.5. The van der Waals surface area contributed by atoms with E-state index in [1.165, 1.54) is 4.68 Å². The molecule has 0 N–H and O–H groups in total. The van der Waals surface area contributed by atoms with Crippen molar-refractivity contribution in [3.8, 4) is 17.3 Å². The van der Waals surface area contributed by atoms with Gasteiger partial charge in [0.25, 0.3) is 5.56 Å².